The van der Waals surface area contributed by atoms with Crippen LogP contribution in [0.2, 0.25) is 0 Å². The van der Waals surface area contributed by atoms with E-state index >= 15 is 0 Å². The number of carbonyl (C=O) groups is 1. The molecule has 0 fully saturated rings. The van der Waals surface area contributed by atoms with Gasteiger partial charge in [-0.15, -0.1) is 29.3 Å². The number of nitrogens with zero attached hydrogens (tertiary/aromatic N) is 1. The van der Waals surface area contributed by atoms with Crippen molar-refractivity contribution in [1.29, 1.82) is 0 Å². The molecule has 2 atom stereocenters. The van der Waals surface area contributed by atoms with Crippen molar-refractivity contribution >= 4 is 16.7 Å². The molecule has 1 aliphatic carbocycles. The van der Waals surface area contributed by atoms with Gasteiger partial charge in [0.15, 0.2) is 5.78 Å². The Hall–Kier alpha value is -3.27. The maximum absolute atomic E-state index is 12.3. The number of allylic oxidation sites excluding steroid dienone is 2. The molecular weight excluding hydrogens is 807 g/mol. The minimum atomic E-state index is -0.0766. The SMILES string of the molecule is CC(C)C(C(=O)/C=C(\O)C(C(C)C)C(C)C)C(C)C.Cc1cc(C)c2c(C)cc(-c3[c-]ccc4c3C(C)(C)C3c5ccccc5OC43)nc2c1.[Ir]. The normalized spacial score (nSPS) is 17.4. The Balaban J connectivity index is 0.000000255. The minimum Gasteiger partial charge on any atom is -0.512 e. The van der Waals surface area contributed by atoms with E-state index < -0.39 is 0 Å². The van der Waals surface area contributed by atoms with Crippen LogP contribution in [-0.4, -0.2) is 15.9 Å². The van der Waals surface area contributed by atoms with Crippen LogP contribution in [0.5, 0.6) is 5.75 Å². The molecule has 4 nitrogen and oxygen atoms in total. The summed E-state index contributed by atoms with van der Waals surface area (Å²) in [6.07, 6.45) is 1.54. The van der Waals surface area contributed by atoms with Crippen LogP contribution in [0.15, 0.2) is 66.4 Å². The molecule has 1 aromatic heterocycles. The Morgan fingerprint density at radius 2 is 1.43 bits per heavy atom. The molecule has 0 bridgehead atoms. The summed E-state index contributed by atoms with van der Waals surface area (Å²) in [6.45, 7) is 27.8. The van der Waals surface area contributed by atoms with Gasteiger partial charge in [-0.1, -0.05) is 105 Å². The third-order valence-corrected chi connectivity index (χ3v) is 11.1. The van der Waals surface area contributed by atoms with Crippen molar-refractivity contribution in [3.63, 3.8) is 0 Å². The van der Waals surface area contributed by atoms with Gasteiger partial charge in [-0.25, -0.2) is 0 Å². The fourth-order valence-electron chi connectivity index (χ4n) is 9.36. The maximum Gasteiger partial charge on any atom is 0.162 e. The quantitative estimate of drug-likeness (QED) is 0.109. The van der Waals surface area contributed by atoms with Crippen LogP contribution in [0.25, 0.3) is 22.2 Å². The first-order valence-corrected chi connectivity index (χ1v) is 18.6. The number of aryl methyl sites for hydroxylation is 3. The van der Waals surface area contributed by atoms with Crippen LogP contribution >= 0.6 is 0 Å². The van der Waals surface area contributed by atoms with Gasteiger partial charge < -0.3 is 9.84 Å². The van der Waals surface area contributed by atoms with Gasteiger partial charge in [0.25, 0.3) is 0 Å². The minimum absolute atomic E-state index is 0. The van der Waals surface area contributed by atoms with Gasteiger partial charge >= 0.3 is 0 Å². The molecule has 275 valence electrons. The second kappa shape index (κ2) is 15.8. The largest absolute Gasteiger partial charge is 0.512 e. The summed E-state index contributed by atoms with van der Waals surface area (Å²) < 4.78 is 6.47. The number of aliphatic hydroxyl groups excluding tert-OH is 1. The van der Waals surface area contributed by atoms with E-state index in [0.717, 1.165) is 22.5 Å². The molecule has 0 saturated heterocycles. The summed E-state index contributed by atoms with van der Waals surface area (Å²) in [5.74, 6) is 2.96. The first-order valence-electron chi connectivity index (χ1n) is 18.6. The Morgan fingerprint density at radius 3 is 2.04 bits per heavy atom. The Morgan fingerprint density at radius 1 is 0.843 bits per heavy atom. The number of hydrogen-bond donors (Lipinski definition) is 1. The molecule has 2 unspecified atom stereocenters. The van der Waals surface area contributed by atoms with E-state index in [0.29, 0.717) is 29.6 Å². The third kappa shape index (κ3) is 7.76. The Kier molecular flexibility index (Phi) is 12.5. The molecule has 1 N–H and O–H groups in total. The third-order valence-electron chi connectivity index (χ3n) is 11.1. The van der Waals surface area contributed by atoms with Gasteiger partial charge in [0.1, 0.15) is 11.9 Å². The van der Waals surface area contributed by atoms with E-state index in [1.807, 2.05) is 6.07 Å². The number of pyridine rings is 1. The molecule has 5 heteroatoms. The van der Waals surface area contributed by atoms with E-state index in [9.17, 15) is 9.90 Å². The summed E-state index contributed by atoms with van der Waals surface area (Å²) >= 11 is 0. The fraction of sp³-hybridized carbons (Fsp3) is 0.478. The molecule has 2 heterocycles. The van der Waals surface area contributed by atoms with Crippen LogP contribution in [0.4, 0.5) is 0 Å². The zero-order chi connectivity index (χ0) is 36.8. The predicted molar refractivity (Wildman–Crippen MR) is 208 cm³/mol. The maximum atomic E-state index is 12.3. The van der Waals surface area contributed by atoms with Crippen molar-refractivity contribution in [1.82, 2.24) is 4.98 Å². The van der Waals surface area contributed by atoms with Gasteiger partial charge in [0.2, 0.25) is 0 Å². The van der Waals surface area contributed by atoms with Gasteiger partial charge in [-0.3, -0.25) is 9.78 Å². The number of benzene rings is 3. The number of ketones is 1. The molecule has 2 aliphatic rings. The van der Waals surface area contributed by atoms with E-state index in [1.165, 1.54) is 44.8 Å². The van der Waals surface area contributed by atoms with Crippen molar-refractivity contribution in [3.05, 3.63) is 106 Å². The summed E-state index contributed by atoms with van der Waals surface area (Å²) in [4.78, 5) is 17.5. The average Bonchev–Trinajstić information content (AvgIpc) is 3.49. The van der Waals surface area contributed by atoms with Gasteiger partial charge in [-0.2, -0.15) is 0 Å². The van der Waals surface area contributed by atoms with E-state index in [2.05, 4.69) is 145 Å². The van der Waals surface area contributed by atoms with E-state index in [1.54, 1.807) is 0 Å². The van der Waals surface area contributed by atoms with Crippen molar-refractivity contribution < 1.29 is 34.7 Å². The fourth-order valence-corrected chi connectivity index (χ4v) is 9.36. The van der Waals surface area contributed by atoms with Crippen LogP contribution in [0, 0.1) is 62.3 Å². The number of aromatic nitrogens is 1. The molecule has 0 amide bonds. The van der Waals surface area contributed by atoms with Gasteiger partial charge in [-0.05, 0) is 84.4 Å². The number of hydrogen-bond acceptors (Lipinski definition) is 4. The summed E-state index contributed by atoms with van der Waals surface area (Å²) in [6, 6.07) is 23.0. The molecule has 0 spiro atoms. The monoisotopic (exact) mass is 865 g/mol. The van der Waals surface area contributed by atoms with Crippen molar-refractivity contribution in [2.24, 2.45) is 35.5 Å². The molecule has 1 radical (unpaired) electrons. The zero-order valence-corrected chi connectivity index (χ0v) is 35.3. The van der Waals surface area contributed by atoms with Crippen LogP contribution in [0.1, 0.15) is 115 Å². The summed E-state index contributed by atoms with van der Waals surface area (Å²) in [7, 11) is 0. The van der Waals surface area contributed by atoms with Crippen molar-refractivity contribution in [2.75, 3.05) is 0 Å². The molecular formula is C46H58IrNO3-. The second-order valence-electron chi connectivity index (χ2n) is 16.8. The van der Waals surface area contributed by atoms with Crippen molar-refractivity contribution in [2.45, 2.75) is 107 Å². The first kappa shape index (κ1) is 40.5. The Bertz CT molecular complexity index is 1900. The summed E-state index contributed by atoms with van der Waals surface area (Å²) in [5, 5.41) is 11.5. The number of aliphatic hydroxyl groups is 1. The topological polar surface area (TPSA) is 59.4 Å². The van der Waals surface area contributed by atoms with Crippen LogP contribution in [-0.2, 0) is 30.3 Å². The van der Waals surface area contributed by atoms with Gasteiger partial charge in [0, 0.05) is 54.9 Å². The van der Waals surface area contributed by atoms with Crippen LogP contribution in [0.3, 0.4) is 0 Å². The predicted octanol–water partition coefficient (Wildman–Crippen LogP) is 12.0. The molecule has 51 heavy (non-hydrogen) atoms. The summed E-state index contributed by atoms with van der Waals surface area (Å²) in [5.41, 5.74) is 10.8. The smallest absolute Gasteiger partial charge is 0.162 e. The van der Waals surface area contributed by atoms with Crippen molar-refractivity contribution in [3.8, 4) is 17.0 Å². The molecule has 1 aliphatic heterocycles. The molecule has 6 rings (SSSR count). The Labute approximate surface area is 320 Å². The molecule has 0 saturated carbocycles. The van der Waals surface area contributed by atoms with Crippen LogP contribution < -0.4 is 4.74 Å². The number of para-hydroxylation sites is 1. The molecule has 3 aromatic carbocycles. The standard InChI is InChI=1S/C29H26NO.C17H32O2.Ir/c1-16-13-17(2)25-18(3)15-22(30-23(25)14-16)19-10-8-11-21-26(19)29(4,5)27-20-9-6-7-12-24(20)31-28(21)27;1-10(2)16(11(3)4)14(18)9-15(19)17(12(5)6)13(7)8;/h6-9,11-15,27-28H,1-5H3;9-13,16-18H,1-8H3;/q-1;;/b;14-9-;. The zero-order valence-electron chi connectivity index (χ0n) is 32.9. The number of rotatable bonds is 8. The first-order chi connectivity index (χ1) is 23.4. The molecule has 4 aromatic rings. The number of ether oxygens (including phenoxy) is 1. The number of carbonyl (C=O) groups excluding carboxylic acids is 1. The average molecular weight is 865 g/mol. The van der Waals surface area contributed by atoms with Gasteiger partial charge in [0.05, 0.1) is 11.3 Å². The van der Waals surface area contributed by atoms with E-state index in [-0.39, 0.29) is 55.0 Å². The second-order valence-corrected chi connectivity index (χ2v) is 16.8. The number of fused-ring (bicyclic) bond motifs is 6. The van der Waals surface area contributed by atoms with E-state index in [4.69, 9.17) is 9.72 Å².